The summed E-state index contributed by atoms with van der Waals surface area (Å²) in [5.74, 6) is -6.74. The van der Waals surface area contributed by atoms with Crippen LogP contribution >= 0.6 is 17.2 Å². The van der Waals surface area contributed by atoms with Crippen LogP contribution in [0.5, 0.6) is 0 Å². The summed E-state index contributed by atoms with van der Waals surface area (Å²) in [6.07, 6.45) is 0. The number of rotatable bonds is 4. The predicted octanol–water partition coefficient (Wildman–Crippen LogP) is 2.03. The molecular formula is C12H20ClO3P. The molecule has 0 saturated carbocycles. The molecule has 0 bridgehead atoms. The van der Waals surface area contributed by atoms with Crippen molar-refractivity contribution in [1.82, 2.24) is 0 Å². The molecule has 0 radical (unpaired) electrons. The topological polar surface area (TPSA) is 60.7 Å². The van der Waals surface area contributed by atoms with Crippen molar-refractivity contribution in [1.29, 1.82) is 0 Å². The number of hydrogen-bond acceptors (Lipinski definition) is 3. The van der Waals surface area contributed by atoms with Crippen molar-refractivity contribution in [3.05, 3.63) is 30.3 Å². The van der Waals surface area contributed by atoms with Crippen LogP contribution in [-0.2, 0) is 0 Å². The molecule has 17 heavy (non-hydrogen) atoms. The van der Waals surface area contributed by atoms with E-state index < -0.39 is 23.5 Å². The molecule has 0 spiro atoms. The Morgan fingerprint density at radius 3 is 1.53 bits per heavy atom. The van der Waals surface area contributed by atoms with E-state index in [-0.39, 0.29) is 0 Å². The average Bonchev–Trinajstić information content (AvgIpc) is 2.28. The van der Waals surface area contributed by atoms with Crippen LogP contribution in [0.25, 0.3) is 0 Å². The van der Waals surface area contributed by atoms with Gasteiger partial charge in [-0.25, -0.2) is 0 Å². The molecule has 0 aliphatic rings. The van der Waals surface area contributed by atoms with Gasteiger partial charge in [0.2, 0.25) is 0 Å². The Bertz CT molecular complexity index is 354. The maximum absolute atomic E-state index is 10.1. The molecule has 5 heteroatoms. The van der Waals surface area contributed by atoms with E-state index >= 15 is 0 Å². The Morgan fingerprint density at radius 2 is 1.24 bits per heavy atom. The van der Waals surface area contributed by atoms with Crippen LogP contribution in [-0.4, -0.2) is 32.9 Å². The summed E-state index contributed by atoms with van der Waals surface area (Å²) in [7, 11) is 0. The van der Waals surface area contributed by atoms with Gasteiger partial charge in [0.05, 0.1) is 0 Å². The number of hydrogen-bond donors (Lipinski definition) is 3. The van der Waals surface area contributed by atoms with E-state index in [4.69, 9.17) is 11.2 Å². The molecular weight excluding hydrogens is 259 g/mol. The minimum absolute atomic E-state index is 0.625. The van der Waals surface area contributed by atoms with E-state index in [0.29, 0.717) is 5.30 Å². The van der Waals surface area contributed by atoms with Crippen molar-refractivity contribution in [3.63, 3.8) is 0 Å². The Labute approximate surface area is 107 Å². The fourth-order valence-corrected chi connectivity index (χ4v) is 6.63. The summed E-state index contributed by atoms with van der Waals surface area (Å²) in [5.41, 5.74) is 0. The SMILES string of the molecule is CC(O)P(Cl)(c1ccccc1)(C(C)O)C(C)O. The van der Waals surface area contributed by atoms with Gasteiger partial charge in [0.1, 0.15) is 0 Å². The van der Waals surface area contributed by atoms with E-state index in [9.17, 15) is 15.3 Å². The number of halogens is 1. The molecule has 98 valence electrons. The summed E-state index contributed by atoms with van der Waals surface area (Å²) in [6.45, 7) is 4.58. The first-order valence-electron chi connectivity index (χ1n) is 5.58. The second kappa shape index (κ2) is 4.83. The molecule has 3 N–H and O–H groups in total. The van der Waals surface area contributed by atoms with Crippen molar-refractivity contribution in [2.75, 3.05) is 0 Å². The molecule has 0 fully saturated rings. The third kappa shape index (κ3) is 1.91. The van der Waals surface area contributed by atoms with Gasteiger partial charge in [0.15, 0.2) is 0 Å². The molecule has 3 unspecified atom stereocenters. The van der Waals surface area contributed by atoms with Crippen molar-refractivity contribution in [2.45, 2.75) is 38.3 Å². The van der Waals surface area contributed by atoms with Crippen LogP contribution < -0.4 is 5.30 Å². The summed E-state index contributed by atoms with van der Waals surface area (Å²) in [4.78, 5) is 0. The van der Waals surface area contributed by atoms with Crippen LogP contribution in [0.15, 0.2) is 30.3 Å². The third-order valence-corrected chi connectivity index (χ3v) is 12.7. The zero-order valence-electron chi connectivity index (χ0n) is 10.3. The van der Waals surface area contributed by atoms with Crippen molar-refractivity contribution in [2.24, 2.45) is 0 Å². The van der Waals surface area contributed by atoms with Crippen molar-refractivity contribution in [3.8, 4) is 0 Å². The molecule has 1 rings (SSSR count). The monoisotopic (exact) mass is 278 g/mol. The third-order valence-electron chi connectivity index (χ3n) is 3.58. The second-order valence-corrected chi connectivity index (χ2v) is 11.9. The first kappa shape index (κ1) is 14.9. The molecule has 0 aromatic heterocycles. The molecule has 3 atom stereocenters. The van der Waals surface area contributed by atoms with Crippen LogP contribution in [0.1, 0.15) is 20.8 Å². The fourth-order valence-electron chi connectivity index (χ4n) is 2.33. The first-order valence-corrected chi connectivity index (χ1v) is 8.93. The Morgan fingerprint density at radius 1 is 0.882 bits per heavy atom. The van der Waals surface area contributed by atoms with E-state index in [0.717, 1.165) is 0 Å². The fraction of sp³-hybridized carbons (Fsp3) is 0.500. The zero-order valence-corrected chi connectivity index (χ0v) is 11.9. The predicted molar refractivity (Wildman–Crippen MR) is 73.9 cm³/mol. The minimum atomic E-state index is -3.76. The quantitative estimate of drug-likeness (QED) is 0.739. The molecule has 0 aliphatic heterocycles. The summed E-state index contributed by atoms with van der Waals surface area (Å²) >= 11 is 6.71. The van der Waals surface area contributed by atoms with Gasteiger partial charge in [-0.05, 0) is 0 Å². The van der Waals surface area contributed by atoms with Crippen molar-refractivity contribution >= 4 is 22.5 Å². The Kier molecular flexibility index (Phi) is 4.23. The summed E-state index contributed by atoms with van der Waals surface area (Å²) < 4.78 is 0. The van der Waals surface area contributed by atoms with E-state index in [2.05, 4.69) is 0 Å². The van der Waals surface area contributed by atoms with Gasteiger partial charge in [-0.2, -0.15) is 0 Å². The molecule has 0 saturated heterocycles. The van der Waals surface area contributed by atoms with E-state index in [1.165, 1.54) is 20.8 Å². The van der Waals surface area contributed by atoms with Gasteiger partial charge in [-0.15, -0.1) is 0 Å². The number of aliphatic hydroxyl groups excluding tert-OH is 3. The molecule has 1 aromatic carbocycles. The van der Waals surface area contributed by atoms with Gasteiger partial charge < -0.3 is 0 Å². The van der Waals surface area contributed by atoms with E-state index in [1.54, 1.807) is 24.3 Å². The summed E-state index contributed by atoms with van der Waals surface area (Å²) in [5, 5.41) is 31.0. The van der Waals surface area contributed by atoms with Crippen LogP contribution in [0.2, 0.25) is 0 Å². The van der Waals surface area contributed by atoms with Gasteiger partial charge in [-0.1, -0.05) is 0 Å². The second-order valence-electron chi connectivity index (χ2n) is 4.44. The number of aliphatic hydroxyl groups is 3. The standard InChI is InChI=1S/C12H20ClO3P/c1-9(14)17(13,10(2)15,11(3)16)12-7-5-4-6-8-12/h4-11,14-16H,1-3H3. The molecule has 1 aromatic rings. The van der Waals surface area contributed by atoms with Crippen LogP contribution in [0, 0.1) is 0 Å². The molecule has 0 amide bonds. The zero-order chi connectivity index (χ0) is 13.3. The summed E-state index contributed by atoms with van der Waals surface area (Å²) in [6, 6.07) is 8.89. The first-order chi connectivity index (χ1) is 7.76. The van der Waals surface area contributed by atoms with Gasteiger partial charge >= 0.3 is 106 Å². The normalized spacial score (nSPS) is 20.1. The van der Waals surface area contributed by atoms with Gasteiger partial charge in [0.25, 0.3) is 0 Å². The molecule has 0 aliphatic carbocycles. The maximum atomic E-state index is 10.1. The van der Waals surface area contributed by atoms with Crippen LogP contribution in [0.3, 0.4) is 0 Å². The number of benzene rings is 1. The van der Waals surface area contributed by atoms with Gasteiger partial charge in [-0.3, -0.25) is 0 Å². The average molecular weight is 279 g/mol. The van der Waals surface area contributed by atoms with Gasteiger partial charge in [0, 0.05) is 0 Å². The van der Waals surface area contributed by atoms with Crippen molar-refractivity contribution < 1.29 is 15.3 Å². The Hall–Kier alpha value is -0.180. The Balaban J connectivity index is 3.59. The van der Waals surface area contributed by atoms with E-state index in [1.807, 2.05) is 6.07 Å². The molecule has 0 heterocycles. The van der Waals surface area contributed by atoms with Crippen LogP contribution in [0.4, 0.5) is 0 Å². The molecule has 3 nitrogen and oxygen atoms in total.